The van der Waals surface area contributed by atoms with Gasteiger partial charge in [-0.2, -0.15) is 0 Å². The van der Waals surface area contributed by atoms with Crippen LogP contribution in [-0.2, 0) is 0 Å². The largest absolute Gasteiger partial charge is 0.0843 e. The molecule has 0 saturated heterocycles. The van der Waals surface area contributed by atoms with Crippen LogP contribution in [0.25, 0.3) is 0 Å². The topological polar surface area (TPSA) is 0 Å². The van der Waals surface area contributed by atoms with Crippen molar-refractivity contribution in [3.8, 4) is 0 Å². The van der Waals surface area contributed by atoms with Crippen LogP contribution in [0.15, 0.2) is 24.3 Å². The van der Waals surface area contributed by atoms with Crippen LogP contribution in [0, 0.1) is 17.8 Å². The molecule has 23 heavy (non-hydrogen) atoms. The second kappa shape index (κ2) is 8.56. The van der Waals surface area contributed by atoms with E-state index in [1.165, 1.54) is 76.2 Å². The minimum Gasteiger partial charge on any atom is -0.0843 e. The smallest absolute Gasteiger partial charge is 0.0406 e. The summed E-state index contributed by atoms with van der Waals surface area (Å²) in [6.07, 6.45) is 16.1. The molecule has 0 atom stereocenters. The van der Waals surface area contributed by atoms with Crippen molar-refractivity contribution >= 4 is 11.6 Å². The third-order valence-corrected chi connectivity index (χ3v) is 6.89. The number of benzene rings is 1. The molecule has 1 aromatic rings. The van der Waals surface area contributed by atoms with Gasteiger partial charge in [-0.05, 0) is 79.9 Å². The van der Waals surface area contributed by atoms with Gasteiger partial charge in [0.25, 0.3) is 0 Å². The lowest BCUT2D eigenvalue weighted by Crippen LogP contribution is -2.25. The van der Waals surface area contributed by atoms with Crippen LogP contribution in [0.2, 0.25) is 5.02 Å². The zero-order valence-electron chi connectivity index (χ0n) is 14.8. The Balaban J connectivity index is 1.43. The molecule has 0 heterocycles. The molecule has 0 spiro atoms. The predicted molar refractivity (Wildman–Crippen MR) is 101 cm³/mol. The van der Waals surface area contributed by atoms with Crippen LogP contribution in [-0.4, -0.2) is 0 Å². The van der Waals surface area contributed by atoms with E-state index in [1.807, 2.05) is 0 Å². The van der Waals surface area contributed by atoms with Gasteiger partial charge in [0.15, 0.2) is 0 Å². The first kappa shape index (κ1) is 17.3. The molecular formula is C22H33Cl. The highest BCUT2D eigenvalue weighted by molar-refractivity contribution is 6.30. The number of hydrogen-bond acceptors (Lipinski definition) is 0. The molecule has 2 saturated carbocycles. The van der Waals surface area contributed by atoms with Crippen molar-refractivity contribution in [2.45, 2.75) is 83.5 Å². The summed E-state index contributed by atoms with van der Waals surface area (Å²) in [7, 11) is 0. The molecule has 0 N–H and O–H groups in total. The standard InChI is InChI=1S/C22H33Cl/c1-2-3-4-17-5-7-18(8-6-17)19-9-11-20(12-10-19)21-13-15-22(23)16-14-21/h13-20H,2-12H2,1H3. The van der Waals surface area contributed by atoms with Gasteiger partial charge in [0, 0.05) is 5.02 Å². The van der Waals surface area contributed by atoms with E-state index in [-0.39, 0.29) is 0 Å². The molecule has 2 aliphatic rings. The molecule has 0 aliphatic heterocycles. The first-order chi connectivity index (χ1) is 11.3. The second-order valence-corrected chi connectivity index (χ2v) is 8.52. The summed E-state index contributed by atoms with van der Waals surface area (Å²) in [6, 6.07) is 8.60. The minimum atomic E-state index is 0.782. The molecule has 0 nitrogen and oxygen atoms in total. The fraction of sp³-hybridized carbons (Fsp3) is 0.727. The molecule has 2 aliphatic carbocycles. The average molecular weight is 333 g/mol. The number of halogens is 1. The van der Waals surface area contributed by atoms with Crippen LogP contribution >= 0.6 is 11.6 Å². The molecule has 0 radical (unpaired) electrons. The maximum atomic E-state index is 6.02. The van der Waals surface area contributed by atoms with Gasteiger partial charge in [-0.15, -0.1) is 0 Å². The molecule has 1 heteroatoms. The van der Waals surface area contributed by atoms with Crippen molar-refractivity contribution in [1.82, 2.24) is 0 Å². The van der Waals surface area contributed by atoms with Crippen LogP contribution in [0.4, 0.5) is 0 Å². The number of unbranched alkanes of at least 4 members (excludes halogenated alkanes) is 1. The highest BCUT2D eigenvalue weighted by Crippen LogP contribution is 2.44. The van der Waals surface area contributed by atoms with Gasteiger partial charge in [-0.25, -0.2) is 0 Å². The molecule has 128 valence electrons. The third-order valence-electron chi connectivity index (χ3n) is 6.64. The van der Waals surface area contributed by atoms with Crippen molar-refractivity contribution < 1.29 is 0 Å². The fourth-order valence-corrected chi connectivity index (χ4v) is 5.23. The van der Waals surface area contributed by atoms with Crippen molar-refractivity contribution in [1.29, 1.82) is 0 Å². The van der Waals surface area contributed by atoms with Gasteiger partial charge in [0.2, 0.25) is 0 Å². The molecule has 0 amide bonds. The van der Waals surface area contributed by atoms with E-state index in [1.54, 1.807) is 0 Å². The summed E-state index contributed by atoms with van der Waals surface area (Å²) < 4.78 is 0. The third kappa shape index (κ3) is 4.75. The molecule has 2 fully saturated rings. The Bertz CT molecular complexity index is 447. The zero-order chi connectivity index (χ0) is 16.1. The van der Waals surface area contributed by atoms with Crippen LogP contribution in [0.3, 0.4) is 0 Å². The lowest BCUT2D eigenvalue weighted by molar-refractivity contribution is 0.156. The van der Waals surface area contributed by atoms with Crippen molar-refractivity contribution in [3.63, 3.8) is 0 Å². The molecule has 1 aromatic carbocycles. The summed E-state index contributed by atoms with van der Waals surface area (Å²) in [5.74, 6) is 3.89. The first-order valence-corrected chi connectivity index (χ1v) is 10.4. The van der Waals surface area contributed by atoms with E-state index in [9.17, 15) is 0 Å². The minimum absolute atomic E-state index is 0.782. The Labute approximate surface area is 148 Å². The summed E-state index contributed by atoms with van der Waals surface area (Å²) in [6.45, 7) is 2.32. The van der Waals surface area contributed by atoms with E-state index < -0.39 is 0 Å². The monoisotopic (exact) mass is 332 g/mol. The summed E-state index contributed by atoms with van der Waals surface area (Å²) in [4.78, 5) is 0. The summed E-state index contributed by atoms with van der Waals surface area (Å²) in [5.41, 5.74) is 1.51. The summed E-state index contributed by atoms with van der Waals surface area (Å²) >= 11 is 6.02. The lowest BCUT2D eigenvalue weighted by Gasteiger charge is -2.38. The van der Waals surface area contributed by atoms with Gasteiger partial charge in [-0.1, -0.05) is 62.8 Å². The quantitative estimate of drug-likeness (QED) is 0.520. The Kier molecular flexibility index (Phi) is 6.45. The molecule has 0 bridgehead atoms. The van der Waals surface area contributed by atoms with Crippen molar-refractivity contribution in [2.75, 3.05) is 0 Å². The predicted octanol–water partition coefficient (Wildman–Crippen LogP) is 7.61. The Hall–Kier alpha value is -0.490. The highest BCUT2D eigenvalue weighted by Gasteiger charge is 2.31. The van der Waals surface area contributed by atoms with Crippen LogP contribution in [0.5, 0.6) is 0 Å². The Morgan fingerprint density at radius 2 is 1.39 bits per heavy atom. The Morgan fingerprint density at radius 1 is 0.826 bits per heavy atom. The van der Waals surface area contributed by atoms with Gasteiger partial charge in [0.05, 0.1) is 0 Å². The lowest BCUT2D eigenvalue weighted by atomic mass is 9.68. The van der Waals surface area contributed by atoms with E-state index in [0.29, 0.717) is 0 Å². The normalized spacial score (nSPS) is 31.9. The van der Waals surface area contributed by atoms with Gasteiger partial charge < -0.3 is 0 Å². The van der Waals surface area contributed by atoms with Crippen molar-refractivity contribution in [3.05, 3.63) is 34.9 Å². The van der Waals surface area contributed by atoms with E-state index in [0.717, 1.165) is 28.7 Å². The fourth-order valence-electron chi connectivity index (χ4n) is 5.10. The highest BCUT2D eigenvalue weighted by atomic mass is 35.5. The SMILES string of the molecule is CCCCC1CCC(C2CCC(c3ccc(Cl)cc3)CC2)CC1. The van der Waals surface area contributed by atoms with Gasteiger partial charge >= 0.3 is 0 Å². The molecule has 0 unspecified atom stereocenters. The molecule has 3 rings (SSSR count). The van der Waals surface area contributed by atoms with E-state index >= 15 is 0 Å². The van der Waals surface area contributed by atoms with E-state index in [2.05, 4.69) is 31.2 Å². The van der Waals surface area contributed by atoms with Crippen LogP contribution in [0.1, 0.15) is 89.0 Å². The maximum absolute atomic E-state index is 6.02. The maximum Gasteiger partial charge on any atom is 0.0406 e. The first-order valence-electron chi connectivity index (χ1n) is 10.0. The molecular weight excluding hydrogens is 300 g/mol. The average Bonchev–Trinajstić information content (AvgIpc) is 2.61. The Morgan fingerprint density at radius 3 is 1.96 bits per heavy atom. The van der Waals surface area contributed by atoms with Gasteiger partial charge in [-0.3, -0.25) is 0 Å². The molecule has 0 aromatic heterocycles. The van der Waals surface area contributed by atoms with Crippen LogP contribution < -0.4 is 0 Å². The van der Waals surface area contributed by atoms with Crippen molar-refractivity contribution in [2.24, 2.45) is 17.8 Å². The second-order valence-electron chi connectivity index (χ2n) is 8.09. The number of rotatable bonds is 5. The number of hydrogen-bond donors (Lipinski definition) is 0. The summed E-state index contributed by atoms with van der Waals surface area (Å²) in [5, 5.41) is 0.863. The zero-order valence-corrected chi connectivity index (χ0v) is 15.5. The van der Waals surface area contributed by atoms with Gasteiger partial charge in [0.1, 0.15) is 0 Å². The van der Waals surface area contributed by atoms with E-state index in [4.69, 9.17) is 11.6 Å².